The van der Waals surface area contributed by atoms with Gasteiger partial charge >= 0.3 is 5.97 Å². The van der Waals surface area contributed by atoms with E-state index in [0.717, 1.165) is 16.8 Å². The van der Waals surface area contributed by atoms with Crippen LogP contribution in [0.5, 0.6) is 0 Å². The minimum absolute atomic E-state index is 0.225. The molecule has 9 heteroatoms. The third kappa shape index (κ3) is 4.67. The Morgan fingerprint density at radius 2 is 2.04 bits per heavy atom. The number of hydrogen-bond donors (Lipinski definition) is 3. The van der Waals surface area contributed by atoms with E-state index in [1.165, 1.54) is 0 Å². The molecule has 3 aromatic rings. The Labute approximate surface area is 162 Å². The molecule has 0 radical (unpaired) electrons. The molecule has 2 atom stereocenters. The SMILES string of the molecule is CC(C)C[C@H](C(=O)O)[C@H](Cc1ccc(-c2ccnc(N)c2)cn1)c1nn[nH]n1. The minimum atomic E-state index is -0.868. The fourth-order valence-electron chi connectivity index (χ4n) is 3.25. The number of carboxylic acid groups (broad SMARTS) is 1. The van der Waals surface area contributed by atoms with Gasteiger partial charge in [0, 0.05) is 36.0 Å². The van der Waals surface area contributed by atoms with Crippen LogP contribution in [0.3, 0.4) is 0 Å². The average Bonchev–Trinajstić information content (AvgIpc) is 3.19. The molecule has 0 saturated heterocycles. The molecular weight excluding hydrogens is 358 g/mol. The second-order valence-corrected chi connectivity index (χ2v) is 7.16. The number of H-pyrrole nitrogens is 1. The molecular formula is C19H23N7O2. The largest absolute Gasteiger partial charge is 0.481 e. The van der Waals surface area contributed by atoms with E-state index in [4.69, 9.17) is 5.73 Å². The fourth-order valence-corrected chi connectivity index (χ4v) is 3.25. The Bertz CT molecular complexity index is 910. The fraction of sp³-hybridized carbons (Fsp3) is 0.368. The van der Waals surface area contributed by atoms with Crippen molar-refractivity contribution in [2.45, 2.75) is 32.6 Å². The second kappa shape index (κ2) is 8.55. The number of carbonyl (C=O) groups is 1. The van der Waals surface area contributed by atoms with Gasteiger partial charge in [-0.05, 0) is 36.1 Å². The van der Waals surface area contributed by atoms with Gasteiger partial charge in [0.25, 0.3) is 0 Å². The summed E-state index contributed by atoms with van der Waals surface area (Å²) in [7, 11) is 0. The van der Waals surface area contributed by atoms with Gasteiger partial charge < -0.3 is 10.8 Å². The highest BCUT2D eigenvalue weighted by atomic mass is 16.4. The Morgan fingerprint density at radius 1 is 1.21 bits per heavy atom. The van der Waals surface area contributed by atoms with Crippen molar-refractivity contribution < 1.29 is 9.90 Å². The molecule has 4 N–H and O–H groups in total. The third-order valence-corrected chi connectivity index (χ3v) is 4.59. The monoisotopic (exact) mass is 381 g/mol. The van der Waals surface area contributed by atoms with Crippen LogP contribution in [0.1, 0.15) is 37.7 Å². The lowest BCUT2D eigenvalue weighted by Crippen LogP contribution is -2.26. The number of nitrogens with one attached hydrogen (secondary N) is 1. The highest BCUT2D eigenvalue weighted by molar-refractivity contribution is 5.71. The molecule has 28 heavy (non-hydrogen) atoms. The number of aromatic nitrogens is 6. The predicted octanol–water partition coefficient (Wildman–Crippen LogP) is 2.31. The first-order valence-corrected chi connectivity index (χ1v) is 9.07. The predicted molar refractivity (Wildman–Crippen MR) is 103 cm³/mol. The van der Waals surface area contributed by atoms with Crippen LogP contribution >= 0.6 is 0 Å². The zero-order valence-corrected chi connectivity index (χ0v) is 15.8. The molecule has 0 aliphatic rings. The third-order valence-electron chi connectivity index (χ3n) is 4.59. The Kier molecular flexibility index (Phi) is 5.93. The van der Waals surface area contributed by atoms with Gasteiger partial charge in [-0.15, -0.1) is 10.2 Å². The number of nitrogen functional groups attached to an aromatic ring is 1. The molecule has 3 rings (SSSR count). The summed E-state index contributed by atoms with van der Waals surface area (Å²) in [4.78, 5) is 20.4. The lowest BCUT2D eigenvalue weighted by atomic mass is 9.82. The summed E-state index contributed by atoms with van der Waals surface area (Å²) < 4.78 is 0. The van der Waals surface area contributed by atoms with Gasteiger partial charge in [0.2, 0.25) is 0 Å². The van der Waals surface area contributed by atoms with Crippen LogP contribution in [-0.2, 0) is 11.2 Å². The molecule has 0 aliphatic carbocycles. The summed E-state index contributed by atoms with van der Waals surface area (Å²) >= 11 is 0. The van der Waals surface area contributed by atoms with Crippen molar-refractivity contribution in [2.75, 3.05) is 5.73 Å². The summed E-state index contributed by atoms with van der Waals surface area (Å²) in [5.74, 6) is -0.861. The zero-order chi connectivity index (χ0) is 20.1. The van der Waals surface area contributed by atoms with E-state index in [9.17, 15) is 9.90 Å². The van der Waals surface area contributed by atoms with E-state index in [1.807, 2.05) is 32.0 Å². The van der Waals surface area contributed by atoms with Crippen LogP contribution in [0.2, 0.25) is 0 Å². The number of hydrogen-bond acceptors (Lipinski definition) is 7. The molecule has 0 unspecified atom stereocenters. The Balaban J connectivity index is 1.85. The van der Waals surface area contributed by atoms with Crippen LogP contribution in [0.4, 0.5) is 5.82 Å². The molecule has 0 amide bonds. The highest BCUT2D eigenvalue weighted by Crippen LogP contribution is 2.31. The van der Waals surface area contributed by atoms with Crippen molar-refractivity contribution in [3.63, 3.8) is 0 Å². The number of tetrazole rings is 1. The van der Waals surface area contributed by atoms with E-state index in [1.54, 1.807) is 18.5 Å². The van der Waals surface area contributed by atoms with Crippen LogP contribution in [-0.4, -0.2) is 41.7 Å². The summed E-state index contributed by atoms with van der Waals surface area (Å²) in [5.41, 5.74) is 8.33. The average molecular weight is 381 g/mol. The van der Waals surface area contributed by atoms with Gasteiger partial charge in [0.05, 0.1) is 5.92 Å². The summed E-state index contributed by atoms with van der Waals surface area (Å²) in [6.45, 7) is 3.99. The Hall–Kier alpha value is -3.36. The van der Waals surface area contributed by atoms with E-state index >= 15 is 0 Å². The zero-order valence-electron chi connectivity index (χ0n) is 15.8. The van der Waals surface area contributed by atoms with Crippen molar-refractivity contribution in [1.82, 2.24) is 30.6 Å². The van der Waals surface area contributed by atoms with Crippen molar-refractivity contribution >= 4 is 11.8 Å². The molecule has 3 aromatic heterocycles. The van der Waals surface area contributed by atoms with Crippen LogP contribution in [0.15, 0.2) is 36.7 Å². The molecule has 0 spiro atoms. The number of rotatable bonds is 8. The maximum Gasteiger partial charge on any atom is 0.307 e. The summed E-state index contributed by atoms with van der Waals surface area (Å²) in [5, 5.41) is 23.9. The van der Waals surface area contributed by atoms with E-state index < -0.39 is 17.8 Å². The number of aliphatic carboxylic acids is 1. The smallest absolute Gasteiger partial charge is 0.307 e. The second-order valence-electron chi connectivity index (χ2n) is 7.16. The van der Waals surface area contributed by atoms with Crippen molar-refractivity contribution in [1.29, 1.82) is 0 Å². The first kappa shape index (κ1) is 19.4. The summed E-state index contributed by atoms with van der Waals surface area (Å²) in [6.07, 6.45) is 4.31. The summed E-state index contributed by atoms with van der Waals surface area (Å²) in [6, 6.07) is 7.45. The molecule has 0 aliphatic heterocycles. The number of carboxylic acids is 1. The first-order chi connectivity index (χ1) is 13.4. The van der Waals surface area contributed by atoms with E-state index in [2.05, 4.69) is 30.6 Å². The van der Waals surface area contributed by atoms with Crippen LogP contribution < -0.4 is 5.73 Å². The first-order valence-electron chi connectivity index (χ1n) is 9.07. The van der Waals surface area contributed by atoms with Crippen molar-refractivity contribution in [3.05, 3.63) is 48.2 Å². The van der Waals surface area contributed by atoms with Gasteiger partial charge in [0.15, 0.2) is 5.82 Å². The molecule has 0 saturated carbocycles. The lowest BCUT2D eigenvalue weighted by Gasteiger charge is -2.22. The molecule has 3 heterocycles. The molecule has 0 aromatic carbocycles. The lowest BCUT2D eigenvalue weighted by molar-refractivity contribution is -0.143. The standard InChI is InChI=1S/C19H23N7O2/c1-11(2)7-16(19(27)28)15(18-23-25-26-24-18)9-14-4-3-13(10-22-14)12-5-6-21-17(20)8-12/h3-6,8,10-11,15-16H,7,9H2,1-2H3,(H2,20,21)(H,27,28)(H,23,24,25,26)/t15-,16-/m0/s1. The van der Waals surface area contributed by atoms with Crippen LogP contribution in [0.25, 0.3) is 11.1 Å². The molecule has 9 nitrogen and oxygen atoms in total. The molecule has 0 bridgehead atoms. The molecule has 146 valence electrons. The van der Waals surface area contributed by atoms with Crippen molar-refractivity contribution in [3.8, 4) is 11.1 Å². The normalized spacial score (nSPS) is 13.4. The van der Waals surface area contributed by atoms with Gasteiger partial charge in [-0.2, -0.15) is 5.21 Å². The number of anilines is 1. The highest BCUT2D eigenvalue weighted by Gasteiger charge is 2.33. The number of nitrogens with zero attached hydrogens (tertiary/aromatic N) is 5. The number of nitrogens with two attached hydrogens (primary N) is 1. The van der Waals surface area contributed by atoms with Crippen LogP contribution in [0, 0.1) is 11.8 Å². The molecule has 0 fully saturated rings. The quantitative estimate of drug-likeness (QED) is 0.539. The topological polar surface area (TPSA) is 144 Å². The Morgan fingerprint density at radius 3 is 2.61 bits per heavy atom. The van der Waals surface area contributed by atoms with E-state index in [0.29, 0.717) is 24.5 Å². The maximum atomic E-state index is 11.9. The van der Waals surface area contributed by atoms with Gasteiger partial charge in [-0.3, -0.25) is 9.78 Å². The van der Waals surface area contributed by atoms with Gasteiger partial charge in [0.1, 0.15) is 5.82 Å². The number of pyridine rings is 2. The maximum absolute atomic E-state index is 11.9. The van der Waals surface area contributed by atoms with E-state index in [-0.39, 0.29) is 5.92 Å². The minimum Gasteiger partial charge on any atom is -0.481 e. The van der Waals surface area contributed by atoms with Gasteiger partial charge in [-0.25, -0.2) is 4.98 Å². The van der Waals surface area contributed by atoms with Gasteiger partial charge in [-0.1, -0.05) is 25.1 Å². The van der Waals surface area contributed by atoms with Crippen molar-refractivity contribution in [2.24, 2.45) is 11.8 Å². The number of aromatic amines is 1.